The number of fused-ring (bicyclic) bond motifs is 1. The van der Waals surface area contributed by atoms with Gasteiger partial charge in [-0.05, 0) is 43.3 Å². The molecule has 1 aliphatic rings. The number of benzene rings is 1. The first-order valence-electron chi connectivity index (χ1n) is 10.7. The quantitative estimate of drug-likeness (QED) is 0.356. The van der Waals surface area contributed by atoms with Crippen LogP contribution in [-0.4, -0.2) is 39.1 Å². The maximum absolute atomic E-state index is 13.0. The Morgan fingerprint density at radius 1 is 1.06 bits per heavy atom. The Balaban J connectivity index is 1.22. The zero-order chi connectivity index (χ0) is 24.2. The first-order valence-corrected chi connectivity index (χ1v) is 11.7. The predicted octanol–water partition coefficient (Wildman–Crippen LogP) is 3.94. The van der Waals surface area contributed by atoms with Gasteiger partial charge in [0.25, 0.3) is 5.91 Å². The van der Waals surface area contributed by atoms with Crippen molar-refractivity contribution in [2.24, 2.45) is 0 Å². The number of carbonyl (C=O) groups excluding carboxylic acids is 2. The molecule has 0 aliphatic carbocycles. The number of thioether (sulfide) groups is 1. The molecule has 0 atom stereocenters. The van der Waals surface area contributed by atoms with E-state index < -0.39 is 0 Å². The number of hydrogen-bond acceptors (Lipinski definition) is 8. The summed E-state index contributed by atoms with van der Waals surface area (Å²) in [6.07, 6.45) is 3.18. The van der Waals surface area contributed by atoms with E-state index in [2.05, 4.69) is 20.7 Å². The number of aryl methyl sites for hydroxylation is 1. The molecule has 0 spiro atoms. The van der Waals surface area contributed by atoms with Gasteiger partial charge in [0.15, 0.2) is 11.5 Å². The summed E-state index contributed by atoms with van der Waals surface area (Å²) in [7, 11) is 0. The fourth-order valence-electron chi connectivity index (χ4n) is 3.45. The van der Waals surface area contributed by atoms with Gasteiger partial charge in [-0.2, -0.15) is 5.10 Å². The predicted molar refractivity (Wildman–Crippen MR) is 129 cm³/mol. The molecule has 0 bridgehead atoms. The number of furan rings is 1. The highest BCUT2D eigenvalue weighted by molar-refractivity contribution is 8.00. The van der Waals surface area contributed by atoms with E-state index in [1.165, 1.54) is 11.8 Å². The second kappa shape index (κ2) is 9.94. The van der Waals surface area contributed by atoms with Crippen molar-refractivity contribution < 1.29 is 23.5 Å². The highest BCUT2D eigenvalue weighted by Crippen LogP contribution is 2.34. The van der Waals surface area contributed by atoms with Gasteiger partial charge in [0, 0.05) is 24.0 Å². The lowest BCUT2D eigenvalue weighted by atomic mass is 10.2. The Kier molecular flexibility index (Phi) is 6.40. The van der Waals surface area contributed by atoms with E-state index in [9.17, 15) is 9.59 Å². The number of nitrogens with one attached hydrogen (secondary N) is 2. The number of hydrogen-bond donors (Lipinski definition) is 2. The average molecular weight is 492 g/mol. The average Bonchev–Trinajstić information content (AvgIpc) is 3.60. The number of anilines is 2. The van der Waals surface area contributed by atoms with E-state index in [1.54, 1.807) is 53.5 Å². The van der Waals surface area contributed by atoms with Crippen LogP contribution >= 0.6 is 11.8 Å². The molecule has 4 heterocycles. The summed E-state index contributed by atoms with van der Waals surface area (Å²) in [5.74, 6) is 2.76. The lowest BCUT2D eigenvalue weighted by Gasteiger charge is -2.11. The van der Waals surface area contributed by atoms with Gasteiger partial charge in [0.05, 0.1) is 17.5 Å². The van der Waals surface area contributed by atoms with E-state index in [1.807, 2.05) is 19.1 Å². The number of nitrogens with zero attached hydrogens (tertiary/aromatic N) is 3. The largest absolute Gasteiger partial charge is 0.464 e. The standard InChI is InChI=1S/C24H21N5O5S/c1-15-4-6-17(34-15)12-29-21(8-10-26-29)28-23(31)18-3-2-9-25-24(18)35-13-22(30)27-16-5-7-19-20(11-16)33-14-32-19/h2-11H,12-14H2,1H3,(H,27,30)(H,28,31). The molecule has 0 unspecified atom stereocenters. The van der Waals surface area contributed by atoms with Crippen molar-refractivity contribution in [2.75, 3.05) is 23.2 Å². The molecule has 2 N–H and O–H groups in total. The fraction of sp³-hybridized carbons (Fsp3) is 0.167. The lowest BCUT2D eigenvalue weighted by Crippen LogP contribution is -2.18. The Bertz CT molecular complexity index is 1380. The van der Waals surface area contributed by atoms with Crippen molar-refractivity contribution in [3.8, 4) is 11.5 Å². The molecular formula is C24H21N5O5S. The number of amides is 2. The molecule has 0 saturated heterocycles. The number of pyridine rings is 1. The van der Waals surface area contributed by atoms with Crippen LogP contribution in [0.4, 0.5) is 11.5 Å². The topological polar surface area (TPSA) is 121 Å². The molecular weight excluding hydrogens is 470 g/mol. The van der Waals surface area contributed by atoms with Gasteiger partial charge < -0.3 is 24.5 Å². The summed E-state index contributed by atoms with van der Waals surface area (Å²) >= 11 is 1.17. The Morgan fingerprint density at radius 2 is 1.94 bits per heavy atom. The number of rotatable bonds is 8. The minimum Gasteiger partial charge on any atom is -0.464 e. The van der Waals surface area contributed by atoms with Gasteiger partial charge in [0.1, 0.15) is 28.9 Å². The normalized spacial score (nSPS) is 11.9. The fourth-order valence-corrected chi connectivity index (χ4v) is 4.24. The molecule has 4 aromatic rings. The maximum Gasteiger partial charge on any atom is 0.259 e. The zero-order valence-electron chi connectivity index (χ0n) is 18.7. The van der Waals surface area contributed by atoms with E-state index in [0.717, 1.165) is 11.5 Å². The Labute approximate surface area is 204 Å². The summed E-state index contributed by atoms with van der Waals surface area (Å²) in [4.78, 5) is 29.8. The molecule has 11 heteroatoms. The molecule has 0 saturated carbocycles. The summed E-state index contributed by atoms with van der Waals surface area (Å²) in [6, 6.07) is 14.0. The third-order valence-corrected chi connectivity index (χ3v) is 6.08. The monoisotopic (exact) mass is 491 g/mol. The van der Waals surface area contributed by atoms with Crippen molar-refractivity contribution in [3.63, 3.8) is 0 Å². The summed E-state index contributed by atoms with van der Waals surface area (Å²) in [5.41, 5.74) is 0.953. The number of ether oxygens (including phenoxy) is 2. The molecule has 178 valence electrons. The third kappa shape index (κ3) is 5.30. The SMILES string of the molecule is Cc1ccc(Cn2nccc2NC(=O)c2cccnc2SCC(=O)Nc2ccc3c(c2)OCO3)o1. The van der Waals surface area contributed by atoms with E-state index in [4.69, 9.17) is 13.9 Å². The van der Waals surface area contributed by atoms with Crippen LogP contribution in [0, 0.1) is 6.92 Å². The van der Waals surface area contributed by atoms with Gasteiger partial charge >= 0.3 is 0 Å². The van der Waals surface area contributed by atoms with Gasteiger partial charge in [-0.25, -0.2) is 9.67 Å². The molecule has 2 amide bonds. The first-order chi connectivity index (χ1) is 17.0. The molecule has 5 rings (SSSR count). The van der Waals surface area contributed by atoms with Crippen molar-refractivity contribution in [1.29, 1.82) is 0 Å². The summed E-state index contributed by atoms with van der Waals surface area (Å²) in [5, 5.41) is 10.4. The Hall–Kier alpha value is -4.25. The minimum absolute atomic E-state index is 0.0709. The van der Waals surface area contributed by atoms with Gasteiger partial charge in [-0.1, -0.05) is 11.8 Å². The van der Waals surface area contributed by atoms with Crippen molar-refractivity contribution in [2.45, 2.75) is 18.5 Å². The van der Waals surface area contributed by atoms with E-state index in [0.29, 0.717) is 40.1 Å². The number of carbonyl (C=O) groups is 2. The van der Waals surface area contributed by atoms with Crippen LogP contribution in [0.2, 0.25) is 0 Å². The van der Waals surface area contributed by atoms with Crippen LogP contribution in [0.3, 0.4) is 0 Å². The smallest absolute Gasteiger partial charge is 0.259 e. The molecule has 0 radical (unpaired) electrons. The maximum atomic E-state index is 13.0. The minimum atomic E-state index is -0.353. The van der Waals surface area contributed by atoms with Gasteiger partial charge in [0.2, 0.25) is 12.7 Å². The van der Waals surface area contributed by atoms with Crippen LogP contribution < -0.4 is 20.1 Å². The van der Waals surface area contributed by atoms with E-state index >= 15 is 0 Å². The highest BCUT2D eigenvalue weighted by atomic mass is 32.2. The molecule has 1 aromatic carbocycles. The summed E-state index contributed by atoms with van der Waals surface area (Å²) < 4.78 is 17.9. The van der Waals surface area contributed by atoms with Crippen LogP contribution in [-0.2, 0) is 11.3 Å². The third-order valence-electron chi connectivity index (χ3n) is 5.07. The summed E-state index contributed by atoms with van der Waals surface area (Å²) in [6.45, 7) is 2.41. The Morgan fingerprint density at radius 3 is 2.80 bits per heavy atom. The van der Waals surface area contributed by atoms with Crippen LogP contribution in [0.5, 0.6) is 11.5 Å². The van der Waals surface area contributed by atoms with Crippen molar-refractivity contribution in [3.05, 3.63) is 78.0 Å². The van der Waals surface area contributed by atoms with Crippen LogP contribution in [0.1, 0.15) is 21.9 Å². The second-order valence-electron chi connectivity index (χ2n) is 7.60. The molecule has 1 aliphatic heterocycles. The number of aromatic nitrogens is 3. The van der Waals surface area contributed by atoms with Gasteiger partial charge in [-0.15, -0.1) is 0 Å². The van der Waals surface area contributed by atoms with Crippen LogP contribution in [0.25, 0.3) is 0 Å². The molecule has 10 nitrogen and oxygen atoms in total. The molecule has 35 heavy (non-hydrogen) atoms. The lowest BCUT2D eigenvalue weighted by molar-refractivity contribution is -0.113. The molecule has 3 aromatic heterocycles. The zero-order valence-corrected chi connectivity index (χ0v) is 19.5. The molecule has 0 fully saturated rings. The van der Waals surface area contributed by atoms with Gasteiger partial charge in [-0.3, -0.25) is 9.59 Å². The second-order valence-corrected chi connectivity index (χ2v) is 8.57. The first kappa shape index (κ1) is 22.5. The van der Waals surface area contributed by atoms with Crippen LogP contribution in [0.15, 0.2) is 70.4 Å². The highest BCUT2D eigenvalue weighted by Gasteiger charge is 2.18. The van der Waals surface area contributed by atoms with Crippen molar-refractivity contribution >= 4 is 35.1 Å². The van der Waals surface area contributed by atoms with Crippen molar-refractivity contribution in [1.82, 2.24) is 14.8 Å². The van der Waals surface area contributed by atoms with E-state index in [-0.39, 0.29) is 24.4 Å².